The Bertz CT molecular complexity index is 541. The topological polar surface area (TPSA) is 71.2 Å². The van der Waals surface area contributed by atoms with E-state index in [1.165, 1.54) is 5.56 Å². The van der Waals surface area contributed by atoms with Gasteiger partial charge in [0.05, 0.1) is 12.1 Å². The van der Waals surface area contributed by atoms with Crippen molar-refractivity contribution in [2.75, 3.05) is 6.54 Å². The van der Waals surface area contributed by atoms with Crippen LogP contribution in [0.1, 0.15) is 23.9 Å². The largest absolute Gasteiger partial charge is 0.392 e. The molecule has 1 aliphatic heterocycles. The number of aryl methyl sites for hydroxylation is 1. The number of halogens is 1. The highest BCUT2D eigenvalue weighted by molar-refractivity contribution is 5.85. The molecule has 0 bridgehead atoms. The van der Waals surface area contributed by atoms with Crippen LogP contribution in [0.5, 0.6) is 0 Å². The molecule has 2 N–H and O–H groups in total. The molecule has 1 fully saturated rings. The van der Waals surface area contributed by atoms with Crippen LogP contribution < -0.4 is 5.32 Å². The van der Waals surface area contributed by atoms with E-state index >= 15 is 0 Å². The van der Waals surface area contributed by atoms with Gasteiger partial charge in [-0.25, -0.2) is 0 Å². The summed E-state index contributed by atoms with van der Waals surface area (Å²) in [6.45, 7) is 2.61. The Hall–Kier alpha value is -1.43. The molecule has 2 heterocycles. The van der Waals surface area contributed by atoms with E-state index in [0.717, 1.165) is 5.56 Å². The van der Waals surface area contributed by atoms with Crippen molar-refractivity contribution < 1.29 is 9.63 Å². The van der Waals surface area contributed by atoms with Crippen LogP contribution in [0, 0.1) is 6.92 Å². The van der Waals surface area contributed by atoms with Gasteiger partial charge in [-0.05, 0) is 13.3 Å². The lowest BCUT2D eigenvalue weighted by molar-refractivity contribution is 0.191. The molecule has 2 atom stereocenters. The Labute approximate surface area is 117 Å². The number of aliphatic hydroxyl groups is 1. The third kappa shape index (κ3) is 2.94. The summed E-state index contributed by atoms with van der Waals surface area (Å²) in [5.41, 5.74) is 2.14. The number of hydrogen-bond acceptors (Lipinski definition) is 5. The molecular formula is C13H16ClN3O2. The number of aliphatic hydroxyl groups excluding tert-OH is 1. The highest BCUT2D eigenvalue weighted by Crippen LogP contribution is 2.24. The van der Waals surface area contributed by atoms with E-state index in [1.807, 2.05) is 31.2 Å². The summed E-state index contributed by atoms with van der Waals surface area (Å²) in [7, 11) is 0. The SMILES string of the molecule is Cc1ccc(-c2noc([C@@H]3C[C@H](O)CN3)n2)cc1.Cl. The maximum Gasteiger partial charge on any atom is 0.244 e. The molecule has 102 valence electrons. The molecule has 1 aromatic carbocycles. The highest BCUT2D eigenvalue weighted by atomic mass is 35.5. The van der Waals surface area contributed by atoms with Gasteiger partial charge in [-0.1, -0.05) is 35.0 Å². The standard InChI is InChI=1S/C13H15N3O2.ClH/c1-8-2-4-9(5-3-8)12-15-13(18-16-12)11-6-10(17)7-14-11;/h2-5,10-11,14,17H,6-7H2,1H3;1H/t10-,11-;/m0./s1. The van der Waals surface area contributed by atoms with Crippen LogP contribution in [0.15, 0.2) is 28.8 Å². The maximum absolute atomic E-state index is 9.46. The summed E-state index contributed by atoms with van der Waals surface area (Å²) in [4.78, 5) is 4.38. The van der Waals surface area contributed by atoms with Gasteiger partial charge in [0.25, 0.3) is 0 Å². The number of nitrogens with zero attached hydrogens (tertiary/aromatic N) is 2. The zero-order valence-corrected chi connectivity index (χ0v) is 11.4. The molecule has 0 aliphatic carbocycles. The summed E-state index contributed by atoms with van der Waals surface area (Å²) in [6.07, 6.45) is 0.292. The summed E-state index contributed by atoms with van der Waals surface area (Å²) in [6, 6.07) is 7.94. The van der Waals surface area contributed by atoms with Crippen LogP contribution in [0.3, 0.4) is 0 Å². The monoisotopic (exact) mass is 281 g/mol. The molecule has 0 amide bonds. The predicted octanol–water partition coefficient (Wildman–Crippen LogP) is 1.86. The molecule has 0 unspecified atom stereocenters. The van der Waals surface area contributed by atoms with E-state index in [0.29, 0.717) is 24.7 Å². The molecule has 0 radical (unpaired) electrons. The average molecular weight is 282 g/mol. The third-order valence-electron chi connectivity index (χ3n) is 3.16. The van der Waals surface area contributed by atoms with Crippen molar-refractivity contribution >= 4 is 12.4 Å². The van der Waals surface area contributed by atoms with Crippen molar-refractivity contribution in [3.63, 3.8) is 0 Å². The van der Waals surface area contributed by atoms with Crippen LogP contribution in [-0.4, -0.2) is 27.9 Å². The first-order valence-electron chi connectivity index (χ1n) is 6.04. The Morgan fingerprint density at radius 2 is 2.05 bits per heavy atom. The molecule has 5 nitrogen and oxygen atoms in total. The summed E-state index contributed by atoms with van der Waals surface area (Å²) < 4.78 is 5.25. The smallest absolute Gasteiger partial charge is 0.244 e. The molecule has 6 heteroatoms. The highest BCUT2D eigenvalue weighted by Gasteiger charge is 2.28. The molecule has 1 saturated heterocycles. The van der Waals surface area contributed by atoms with Crippen molar-refractivity contribution in [2.24, 2.45) is 0 Å². The van der Waals surface area contributed by atoms with Gasteiger partial charge in [-0.3, -0.25) is 0 Å². The molecule has 19 heavy (non-hydrogen) atoms. The molecule has 2 aromatic rings. The van der Waals surface area contributed by atoms with Gasteiger partial charge in [0, 0.05) is 12.1 Å². The minimum atomic E-state index is -0.329. The fourth-order valence-corrected chi connectivity index (χ4v) is 2.10. The van der Waals surface area contributed by atoms with E-state index < -0.39 is 0 Å². The number of β-amino-alcohol motifs (C(OH)–C–C–N with tert-alkyl or cyclic N) is 1. The first-order chi connectivity index (χ1) is 8.72. The second-order valence-electron chi connectivity index (χ2n) is 4.67. The molecular weight excluding hydrogens is 266 g/mol. The van der Waals surface area contributed by atoms with Crippen LogP contribution >= 0.6 is 12.4 Å². The minimum Gasteiger partial charge on any atom is -0.392 e. The molecule has 0 spiro atoms. The molecule has 1 aromatic heterocycles. The van der Waals surface area contributed by atoms with Gasteiger partial charge in [0.2, 0.25) is 11.7 Å². The average Bonchev–Trinajstić information content (AvgIpc) is 2.98. The number of benzene rings is 1. The maximum atomic E-state index is 9.46. The molecule has 1 aliphatic rings. The van der Waals surface area contributed by atoms with Gasteiger partial charge in [-0.2, -0.15) is 4.98 Å². The zero-order chi connectivity index (χ0) is 12.5. The van der Waals surface area contributed by atoms with Gasteiger partial charge in [0.15, 0.2) is 0 Å². The Kier molecular flexibility index (Phi) is 4.19. The Balaban J connectivity index is 0.00000133. The number of nitrogens with one attached hydrogen (secondary N) is 1. The van der Waals surface area contributed by atoms with Crippen LogP contribution in [0.2, 0.25) is 0 Å². The molecule has 3 rings (SSSR count). The van der Waals surface area contributed by atoms with Gasteiger partial charge >= 0.3 is 0 Å². The van der Waals surface area contributed by atoms with Crippen LogP contribution in [0.25, 0.3) is 11.4 Å². The molecule has 0 saturated carbocycles. The minimum absolute atomic E-state index is 0. The number of hydrogen-bond donors (Lipinski definition) is 2. The van der Waals surface area contributed by atoms with Gasteiger partial charge in [-0.15, -0.1) is 12.4 Å². The van der Waals surface area contributed by atoms with Crippen molar-refractivity contribution in [1.29, 1.82) is 0 Å². The first-order valence-corrected chi connectivity index (χ1v) is 6.04. The zero-order valence-electron chi connectivity index (χ0n) is 10.5. The summed E-state index contributed by atoms with van der Waals surface area (Å²) >= 11 is 0. The number of aromatic nitrogens is 2. The Morgan fingerprint density at radius 3 is 2.68 bits per heavy atom. The Morgan fingerprint density at radius 1 is 1.32 bits per heavy atom. The van der Waals surface area contributed by atoms with Crippen molar-refractivity contribution in [3.8, 4) is 11.4 Å². The fraction of sp³-hybridized carbons (Fsp3) is 0.385. The number of rotatable bonds is 2. The third-order valence-corrected chi connectivity index (χ3v) is 3.16. The summed E-state index contributed by atoms with van der Waals surface area (Å²) in [5.74, 6) is 1.13. The fourth-order valence-electron chi connectivity index (χ4n) is 2.10. The second kappa shape index (κ2) is 5.69. The van der Waals surface area contributed by atoms with Gasteiger partial charge < -0.3 is 14.9 Å². The lowest BCUT2D eigenvalue weighted by Crippen LogP contribution is -2.15. The van der Waals surface area contributed by atoms with Crippen LogP contribution in [-0.2, 0) is 0 Å². The summed E-state index contributed by atoms with van der Waals surface area (Å²) in [5, 5.41) is 16.6. The lowest BCUT2D eigenvalue weighted by atomic mass is 10.1. The lowest BCUT2D eigenvalue weighted by Gasteiger charge is -2.01. The van der Waals surface area contributed by atoms with E-state index in [1.54, 1.807) is 0 Å². The van der Waals surface area contributed by atoms with Crippen molar-refractivity contribution in [3.05, 3.63) is 35.7 Å². The van der Waals surface area contributed by atoms with E-state index in [4.69, 9.17) is 4.52 Å². The van der Waals surface area contributed by atoms with E-state index in [2.05, 4.69) is 15.5 Å². The van der Waals surface area contributed by atoms with Crippen LogP contribution in [0.4, 0.5) is 0 Å². The van der Waals surface area contributed by atoms with E-state index in [-0.39, 0.29) is 24.6 Å². The first kappa shape index (κ1) is 14.0. The normalized spacial score (nSPS) is 22.2. The van der Waals surface area contributed by atoms with Gasteiger partial charge in [0.1, 0.15) is 0 Å². The quantitative estimate of drug-likeness (QED) is 0.879. The predicted molar refractivity (Wildman–Crippen MR) is 73.1 cm³/mol. The van der Waals surface area contributed by atoms with Crippen molar-refractivity contribution in [2.45, 2.75) is 25.5 Å². The second-order valence-corrected chi connectivity index (χ2v) is 4.67. The van der Waals surface area contributed by atoms with E-state index in [9.17, 15) is 5.11 Å². The van der Waals surface area contributed by atoms with Crippen molar-refractivity contribution in [1.82, 2.24) is 15.5 Å².